The van der Waals surface area contributed by atoms with E-state index in [1.807, 2.05) is 13.0 Å². The smallest absolute Gasteiger partial charge is 0.324 e. The highest BCUT2D eigenvalue weighted by Gasteiger charge is 2.43. The zero-order valence-corrected chi connectivity index (χ0v) is 18.8. The number of nitrogens with zero attached hydrogens (tertiary/aromatic N) is 3. The van der Waals surface area contributed by atoms with E-state index in [1.54, 1.807) is 18.3 Å². The molecule has 0 atom stereocenters. The maximum Gasteiger partial charge on any atom is 0.433 e. The molecule has 0 unspecified atom stereocenters. The molecule has 170 valence electrons. The van der Waals surface area contributed by atoms with Gasteiger partial charge in [0.15, 0.2) is 0 Å². The first-order chi connectivity index (χ1) is 14.9. The van der Waals surface area contributed by atoms with Crippen LogP contribution in [0.2, 0.25) is 0 Å². The number of thiazole rings is 1. The van der Waals surface area contributed by atoms with Crippen LogP contribution in [-0.2, 0) is 21.7 Å². The van der Waals surface area contributed by atoms with Crippen molar-refractivity contribution >= 4 is 33.0 Å². The lowest BCUT2D eigenvalue weighted by Gasteiger charge is -2.39. The number of alkyl halides is 3. The maximum atomic E-state index is 12.9. The van der Waals surface area contributed by atoms with Gasteiger partial charge in [0.05, 0.1) is 16.7 Å². The van der Waals surface area contributed by atoms with Crippen LogP contribution >= 0.6 is 11.3 Å². The van der Waals surface area contributed by atoms with E-state index in [1.165, 1.54) is 11.3 Å². The van der Waals surface area contributed by atoms with Crippen molar-refractivity contribution in [2.45, 2.75) is 37.9 Å². The predicted molar refractivity (Wildman–Crippen MR) is 116 cm³/mol. The van der Waals surface area contributed by atoms with Gasteiger partial charge in [0.25, 0.3) is 0 Å². The summed E-state index contributed by atoms with van der Waals surface area (Å²) in [5.74, 6) is -0.160. The molecule has 1 saturated carbocycles. The molecule has 0 amide bonds. The quantitative estimate of drug-likeness (QED) is 0.532. The van der Waals surface area contributed by atoms with Crippen molar-refractivity contribution < 1.29 is 21.6 Å². The predicted octanol–water partition coefficient (Wildman–Crippen LogP) is 4.60. The van der Waals surface area contributed by atoms with Crippen LogP contribution in [0.5, 0.6) is 0 Å². The summed E-state index contributed by atoms with van der Waals surface area (Å²) in [6, 6.07) is 6.28. The van der Waals surface area contributed by atoms with Gasteiger partial charge in [-0.05, 0) is 55.5 Å². The molecule has 1 aromatic carbocycles. The number of anilines is 2. The van der Waals surface area contributed by atoms with E-state index in [2.05, 4.69) is 25.0 Å². The average molecular weight is 484 g/mol. The van der Waals surface area contributed by atoms with Gasteiger partial charge in [-0.3, -0.25) is 0 Å². The van der Waals surface area contributed by atoms with Gasteiger partial charge >= 0.3 is 6.18 Å². The summed E-state index contributed by atoms with van der Waals surface area (Å²) >= 11 is 1.39. The third-order valence-corrected chi connectivity index (χ3v) is 7.08. The third kappa shape index (κ3) is 4.92. The van der Waals surface area contributed by atoms with E-state index in [9.17, 15) is 21.6 Å². The molecule has 0 radical (unpaired) electrons. The highest BCUT2D eigenvalue weighted by molar-refractivity contribution is 7.88. The lowest BCUT2D eigenvalue weighted by molar-refractivity contribution is -0.141. The Bertz CT molecular complexity index is 1250. The van der Waals surface area contributed by atoms with Crippen LogP contribution in [0.1, 0.15) is 35.5 Å². The molecule has 0 aliphatic heterocycles. The van der Waals surface area contributed by atoms with Crippen molar-refractivity contribution in [1.82, 2.24) is 19.7 Å². The first-order valence-electron chi connectivity index (χ1n) is 9.68. The van der Waals surface area contributed by atoms with Gasteiger partial charge < -0.3 is 5.32 Å². The summed E-state index contributed by atoms with van der Waals surface area (Å²) in [4.78, 5) is 12.7. The van der Waals surface area contributed by atoms with Crippen molar-refractivity contribution in [3.05, 3.63) is 52.9 Å². The van der Waals surface area contributed by atoms with E-state index in [0.29, 0.717) is 23.5 Å². The summed E-state index contributed by atoms with van der Waals surface area (Å²) in [7, 11) is -3.40. The summed E-state index contributed by atoms with van der Waals surface area (Å²) in [6.07, 6.45) is 1.58. The first-order valence-corrected chi connectivity index (χ1v) is 12.4. The number of hydrogen-bond donors (Lipinski definition) is 2. The van der Waals surface area contributed by atoms with E-state index >= 15 is 0 Å². The zero-order chi connectivity index (χ0) is 23.1. The molecule has 32 heavy (non-hydrogen) atoms. The Balaban J connectivity index is 1.62. The Morgan fingerprint density at radius 3 is 2.53 bits per heavy atom. The van der Waals surface area contributed by atoms with Gasteiger partial charge in [-0.1, -0.05) is 6.07 Å². The molecule has 0 saturated heterocycles. The maximum absolute atomic E-state index is 12.9. The number of hydrogen-bond acceptors (Lipinski definition) is 7. The minimum atomic E-state index is -4.56. The largest absolute Gasteiger partial charge is 0.433 e. The van der Waals surface area contributed by atoms with E-state index < -0.39 is 27.4 Å². The van der Waals surface area contributed by atoms with E-state index in [-0.39, 0.29) is 5.95 Å². The van der Waals surface area contributed by atoms with Crippen molar-refractivity contribution in [2.24, 2.45) is 0 Å². The van der Waals surface area contributed by atoms with Crippen molar-refractivity contribution in [3.8, 4) is 10.4 Å². The molecular weight excluding hydrogens is 463 g/mol. The average Bonchev–Trinajstić information content (AvgIpc) is 3.13. The number of aromatic nitrogens is 3. The topological polar surface area (TPSA) is 96.9 Å². The monoisotopic (exact) mass is 483 g/mol. The zero-order valence-electron chi connectivity index (χ0n) is 17.2. The number of halogens is 3. The molecule has 3 aromatic rings. The van der Waals surface area contributed by atoms with Crippen LogP contribution in [0.15, 0.2) is 36.7 Å². The lowest BCUT2D eigenvalue weighted by Crippen LogP contribution is -2.50. The molecular formula is C20H20F3N5O2S2. The number of aryl methyl sites for hydroxylation is 1. The van der Waals surface area contributed by atoms with E-state index in [0.717, 1.165) is 40.9 Å². The van der Waals surface area contributed by atoms with Gasteiger partial charge in [-0.15, -0.1) is 11.3 Å². The fourth-order valence-electron chi connectivity index (χ4n) is 3.58. The summed E-state index contributed by atoms with van der Waals surface area (Å²) in [6.45, 7) is 1.86. The molecule has 2 N–H and O–H groups in total. The van der Waals surface area contributed by atoms with Crippen LogP contribution in [0.4, 0.5) is 24.8 Å². The molecule has 7 nitrogen and oxygen atoms in total. The number of rotatable bonds is 6. The first kappa shape index (κ1) is 22.6. The molecule has 12 heteroatoms. The number of benzene rings is 1. The Morgan fingerprint density at radius 2 is 1.91 bits per heavy atom. The van der Waals surface area contributed by atoms with Crippen LogP contribution in [-0.4, -0.2) is 29.6 Å². The third-order valence-electron chi connectivity index (χ3n) is 5.07. The van der Waals surface area contributed by atoms with Crippen molar-refractivity contribution in [1.29, 1.82) is 0 Å². The normalized spacial score (nSPS) is 15.9. The molecule has 2 heterocycles. The molecule has 0 bridgehead atoms. The van der Waals surface area contributed by atoms with Crippen LogP contribution < -0.4 is 10.0 Å². The lowest BCUT2D eigenvalue weighted by atomic mass is 9.78. The SMILES string of the molecule is Cc1cc(Nc2nccc(C(F)(F)F)n2)cc(-c2cnc(C3(NS(C)(=O)=O)CCC3)s2)c1. The number of nitrogens with one attached hydrogen (secondary N) is 2. The summed E-state index contributed by atoms with van der Waals surface area (Å²) < 4.78 is 65.1. The van der Waals surface area contributed by atoms with Crippen LogP contribution in [0, 0.1) is 6.92 Å². The highest BCUT2D eigenvalue weighted by atomic mass is 32.2. The summed E-state index contributed by atoms with van der Waals surface area (Å²) in [5.41, 5.74) is 0.505. The molecule has 0 spiro atoms. The molecule has 1 fully saturated rings. The minimum Gasteiger partial charge on any atom is -0.324 e. The molecule has 4 rings (SSSR count). The van der Waals surface area contributed by atoms with Gasteiger partial charge in [0.2, 0.25) is 16.0 Å². The molecule has 1 aliphatic rings. The van der Waals surface area contributed by atoms with Crippen molar-refractivity contribution in [3.63, 3.8) is 0 Å². The van der Waals surface area contributed by atoms with Gasteiger partial charge in [0, 0.05) is 18.1 Å². The summed E-state index contributed by atoms with van der Waals surface area (Å²) in [5, 5.41) is 3.52. The number of sulfonamides is 1. The second kappa shape index (κ2) is 8.09. The van der Waals surface area contributed by atoms with Crippen LogP contribution in [0.3, 0.4) is 0 Å². The molecule has 2 aromatic heterocycles. The van der Waals surface area contributed by atoms with Gasteiger partial charge in [-0.2, -0.15) is 13.2 Å². The second-order valence-electron chi connectivity index (χ2n) is 7.82. The van der Waals surface area contributed by atoms with Crippen LogP contribution in [0.25, 0.3) is 10.4 Å². The Morgan fingerprint density at radius 1 is 1.16 bits per heavy atom. The standard InChI is InChI=1S/C20H20F3N5O2S2/c1-12-8-13(10-14(9-12)26-18-24-7-4-16(27-18)20(21,22)23)15-11-25-17(31-15)19(5-3-6-19)28-32(2,29)30/h4,7-11,28H,3,5-6H2,1-2H3,(H,24,26,27). The van der Waals surface area contributed by atoms with Gasteiger partial charge in [-0.25, -0.2) is 28.1 Å². The molecule has 1 aliphatic carbocycles. The Hall–Kier alpha value is -2.57. The van der Waals surface area contributed by atoms with Crippen molar-refractivity contribution in [2.75, 3.05) is 11.6 Å². The highest BCUT2D eigenvalue weighted by Crippen LogP contribution is 2.45. The Kier molecular flexibility index (Phi) is 5.72. The van der Waals surface area contributed by atoms with E-state index in [4.69, 9.17) is 0 Å². The second-order valence-corrected chi connectivity index (χ2v) is 10.6. The fraction of sp³-hybridized carbons (Fsp3) is 0.350. The van der Waals surface area contributed by atoms with Gasteiger partial charge in [0.1, 0.15) is 10.7 Å². The minimum absolute atomic E-state index is 0.160. The Labute approximate surface area is 187 Å². The fourth-order valence-corrected chi connectivity index (χ4v) is 5.76.